The maximum absolute atomic E-state index is 8.64. The zero-order valence-electron chi connectivity index (χ0n) is 8.12. The summed E-state index contributed by atoms with van der Waals surface area (Å²) in [5.74, 6) is 1.43. The maximum Gasteiger partial charge on any atom is 0.0578 e. The monoisotopic (exact) mass is 172 g/mol. The smallest absolute Gasteiger partial charge is 0.0578 e. The van der Waals surface area contributed by atoms with Crippen molar-refractivity contribution in [1.29, 1.82) is 0 Å². The molecule has 2 heteroatoms. The van der Waals surface area contributed by atoms with Gasteiger partial charge in [0.1, 0.15) is 0 Å². The molecule has 0 aromatic rings. The van der Waals surface area contributed by atoms with Gasteiger partial charge >= 0.3 is 0 Å². The Hall–Kier alpha value is -0.0800. The molecule has 1 N–H and O–H groups in total. The van der Waals surface area contributed by atoms with Gasteiger partial charge in [-0.25, -0.2) is 0 Å². The second-order valence-corrected chi connectivity index (χ2v) is 3.90. The zero-order valence-corrected chi connectivity index (χ0v) is 8.12. The van der Waals surface area contributed by atoms with Gasteiger partial charge in [0.15, 0.2) is 0 Å². The molecule has 12 heavy (non-hydrogen) atoms. The van der Waals surface area contributed by atoms with Crippen LogP contribution >= 0.6 is 0 Å². The molecule has 0 aromatic carbocycles. The first-order valence-corrected chi connectivity index (χ1v) is 4.98. The topological polar surface area (TPSA) is 29.5 Å². The molecule has 1 aliphatic rings. The first kappa shape index (κ1) is 10.0. The van der Waals surface area contributed by atoms with Crippen LogP contribution in [0, 0.1) is 11.8 Å². The van der Waals surface area contributed by atoms with Crippen LogP contribution in [0.3, 0.4) is 0 Å². The predicted octanol–water partition coefficient (Wildman–Crippen LogP) is 1.82. The number of rotatable bonds is 4. The van der Waals surface area contributed by atoms with Gasteiger partial charge in [-0.3, -0.25) is 0 Å². The van der Waals surface area contributed by atoms with E-state index in [4.69, 9.17) is 9.84 Å². The Kier molecular flexibility index (Phi) is 4.02. The van der Waals surface area contributed by atoms with Crippen molar-refractivity contribution in [2.75, 3.05) is 13.2 Å². The predicted molar refractivity (Wildman–Crippen MR) is 49.0 cm³/mol. The highest BCUT2D eigenvalue weighted by Crippen LogP contribution is 2.30. The average Bonchev–Trinajstić information content (AvgIpc) is 2.35. The van der Waals surface area contributed by atoms with Crippen LogP contribution in [0.2, 0.25) is 0 Å². The van der Waals surface area contributed by atoms with Gasteiger partial charge in [0.2, 0.25) is 0 Å². The number of aliphatic hydroxyl groups excluding tert-OH is 1. The first-order valence-electron chi connectivity index (χ1n) is 4.98. The van der Waals surface area contributed by atoms with E-state index in [2.05, 4.69) is 13.8 Å². The van der Waals surface area contributed by atoms with E-state index < -0.39 is 0 Å². The summed E-state index contributed by atoms with van der Waals surface area (Å²) in [7, 11) is 0. The summed E-state index contributed by atoms with van der Waals surface area (Å²) in [6.45, 7) is 5.67. The summed E-state index contributed by atoms with van der Waals surface area (Å²) < 4.78 is 5.55. The molecule has 3 atom stereocenters. The summed E-state index contributed by atoms with van der Waals surface area (Å²) in [5.41, 5.74) is 0. The van der Waals surface area contributed by atoms with Gasteiger partial charge < -0.3 is 9.84 Å². The molecule has 1 saturated heterocycles. The zero-order chi connectivity index (χ0) is 8.97. The molecular formula is C10H20O2. The molecule has 0 radical (unpaired) electrons. The van der Waals surface area contributed by atoms with Crippen molar-refractivity contribution in [3.63, 3.8) is 0 Å². The van der Waals surface area contributed by atoms with Crippen molar-refractivity contribution in [3.05, 3.63) is 0 Å². The van der Waals surface area contributed by atoms with Crippen LogP contribution in [-0.4, -0.2) is 24.4 Å². The number of ether oxygens (including phenoxy) is 1. The third-order valence-electron chi connectivity index (χ3n) is 2.90. The van der Waals surface area contributed by atoms with Crippen LogP contribution < -0.4 is 0 Å². The number of aliphatic hydroxyl groups is 1. The highest BCUT2D eigenvalue weighted by molar-refractivity contribution is 4.78. The van der Waals surface area contributed by atoms with Crippen molar-refractivity contribution in [2.45, 2.75) is 39.2 Å². The van der Waals surface area contributed by atoms with E-state index >= 15 is 0 Å². The lowest BCUT2D eigenvalue weighted by atomic mass is 9.88. The molecule has 1 fully saturated rings. The summed E-state index contributed by atoms with van der Waals surface area (Å²) in [5, 5.41) is 8.64. The second-order valence-electron chi connectivity index (χ2n) is 3.90. The molecule has 72 valence electrons. The lowest BCUT2D eigenvalue weighted by Gasteiger charge is -2.16. The van der Waals surface area contributed by atoms with E-state index in [9.17, 15) is 0 Å². The van der Waals surface area contributed by atoms with E-state index in [1.807, 2.05) is 0 Å². The minimum Gasteiger partial charge on any atom is -0.396 e. The van der Waals surface area contributed by atoms with Gasteiger partial charge in [-0.1, -0.05) is 13.3 Å². The summed E-state index contributed by atoms with van der Waals surface area (Å²) >= 11 is 0. The SMILES string of the molecule is CC1COC(C)C1CCCCO. The standard InChI is InChI=1S/C10H20O2/c1-8-7-12-9(2)10(8)5-3-4-6-11/h8-11H,3-7H2,1-2H3. The minimum absolute atomic E-state index is 0.330. The van der Waals surface area contributed by atoms with E-state index in [1.165, 1.54) is 6.42 Å². The fourth-order valence-electron chi connectivity index (χ4n) is 2.02. The molecule has 1 aliphatic heterocycles. The number of hydrogen-bond donors (Lipinski definition) is 1. The van der Waals surface area contributed by atoms with E-state index in [0.717, 1.165) is 25.4 Å². The molecule has 2 nitrogen and oxygen atoms in total. The summed E-state index contributed by atoms with van der Waals surface area (Å²) in [6.07, 6.45) is 3.72. The van der Waals surface area contributed by atoms with Crippen LogP contribution in [0.4, 0.5) is 0 Å². The molecule has 0 spiro atoms. The first-order chi connectivity index (χ1) is 5.75. The van der Waals surface area contributed by atoms with Gasteiger partial charge in [0.05, 0.1) is 6.10 Å². The van der Waals surface area contributed by atoms with Gasteiger partial charge in [-0.2, -0.15) is 0 Å². The summed E-state index contributed by atoms with van der Waals surface area (Å²) in [4.78, 5) is 0. The van der Waals surface area contributed by atoms with E-state index in [-0.39, 0.29) is 0 Å². The molecular weight excluding hydrogens is 152 g/mol. The van der Waals surface area contributed by atoms with Crippen LogP contribution in [0.1, 0.15) is 33.1 Å². The Balaban J connectivity index is 2.20. The Morgan fingerprint density at radius 1 is 1.33 bits per heavy atom. The number of hydrogen-bond acceptors (Lipinski definition) is 2. The third kappa shape index (κ3) is 2.46. The third-order valence-corrected chi connectivity index (χ3v) is 2.90. The van der Waals surface area contributed by atoms with Gasteiger partial charge in [0, 0.05) is 13.2 Å². The van der Waals surface area contributed by atoms with Crippen LogP contribution in [-0.2, 0) is 4.74 Å². The Bertz CT molecular complexity index is 115. The largest absolute Gasteiger partial charge is 0.396 e. The lowest BCUT2D eigenvalue weighted by molar-refractivity contribution is 0.102. The molecule has 0 amide bonds. The van der Waals surface area contributed by atoms with Crippen molar-refractivity contribution in [2.24, 2.45) is 11.8 Å². The minimum atomic E-state index is 0.330. The maximum atomic E-state index is 8.64. The van der Waals surface area contributed by atoms with Crippen LogP contribution in [0.5, 0.6) is 0 Å². The van der Waals surface area contributed by atoms with Gasteiger partial charge in [-0.15, -0.1) is 0 Å². The van der Waals surface area contributed by atoms with E-state index in [0.29, 0.717) is 18.6 Å². The molecule has 3 unspecified atom stereocenters. The average molecular weight is 172 g/mol. The molecule has 0 saturated carbocycles. The molecule has 0 aliphatic carbocycles. The van der Waals surface area contributed by atoms with Crippen molar-refractivity contribution in [3.8, 4) is 0 Å². The fraction of sp³-hybridized carbons (Fsp3) is 1.00. The molecule has 0 aromatic heterocycles. The van der Waals surface area contributed by atoms with Crippen LogP contribution in [0.15, 0.2) is 0 Å². The normalized spacial score (nSPS) is 35.8. The highest BCUT2D eigenvalue weighted by atomic mass is 16.5. The van der Waals surface area contributed by atoms with Gasteiger partial charge in [-0.05, 0) is 31.6 Å². The Labute approximate surface area is 74.9 Å². The lowest BCUT2D eigenvalue weighted by Crippen LogP contribution is -2.15. The van der Waals surface area contributed by atoms with Crippen molar-refractivity contribution >= 4 is 0 Å². The molecule has 0 bridgehead atoms. The Morgan fingerprint density at radius 3 is 2.58 bits per heavy atom. The second kappa shape index (κ2) is 4.83. The Morgan fingerprint density at radius 2 is 2.08 bits per heavy atom. The molecule has 1 rings (SSSR count). The fourth-order valence-corrected chi connectivity index (χ4v) is 2.02. The van der Waals surface area contributed by atoms with Crippen LogP contribution in [0.25, 0.3) is 0 Å². The quantitative estimate of drug-likeness (QED) is 0.655. The van der Waals surface area contributed by atoms with Crippen molar-refractivity contribution < 1.29 is 9.84 Å². The van der Waals surface area contributed by atoms with E-state index in [1.54, 1.807) is 0 Å². The summed E-state index contributed by atoms with van der Waals surface area (Å²) in [6, 6.07) is 0. The van der Waals surface area contributed by atoms with Crippen molar-refractivity contribution in [1.82, 2.24) is 0 Å². The molecule has 1 heterocycles. The number of unbranched alkanes of at least 4 members (excludes halogenated alkanes) is 1. The highest BCUT2D eigenvalue weighted by Gasteiger charge is 2.30. The van der Waals surface area contributed by atoms with Gasteiger partial charge in [0.25, 0.3) is 0 Å².